The normalized spacial score (nSPS) is 12.3. The lowest BCUT2D eigenvalue weighted by Crippen LogP contribution is -2.31. The molecule has 0 bridgehead atoms. The van der Waals surface area contributed by atoms with Crippen LogP contribution in [0.1, 0.15) is 28.9 Å². The monoisotopic (exact) mass is 375 g/mol. The van der Waals surface area contributed by atoms with Crippen LogP contribution < -0.4 is 4.74 Å². The SMILES string of the molecule is COc1ccc(C(O)CN(C)C(=O)CCc2nn3c(C)nnc3s2)cc1. The van der Waals surface area contributed by atoms with Crippen LogP contribution in [0.3, 0.4) is 0 Å². The number of nitrogens with zero attached hydrogens (tertiary/aromatic N) is 5. The van der Waals surface area contributed by atoms with Crippen LogP contribution in [0.25, 0.3) is 4.96 Å². The Labute approximate surface area is 155 Å². The summed E-state index contributed by atoms with van der Waals surface area (Å²) >= 11 is 1.43. The third-order valence-corrected chi connectivity index (χ3v) is 5.07. The van der Waals surface area contributed by atoms with Gasteiger partial charge in [0, 0.05) is 19.9 Å². The average molecular weight is 375 g/mol. The van der Waals surface area contributed by atoms with Crippen molar-refractivity contribution in [2.24, 2.45) is 0 Å². The Morgan fingerprint density at radius 1 is 1.35 bits per heavy atom. The lowest BCUT2D eigenvalue weighted by atomic mass is 10.1. The van der Waals surface area contributed by atoms with Crippen LogP contribution in [0, 0.1) is 6.92 Å². The molecule has 0 aliphatic carbocycles. The number of aliphatic hydroxyl groups is 1. The number of ether oxygens (including phenoxy) is 1. The van der Waals surface area contributed by atoms with Crippen LogP contribution in [0.5, 0.6) is 5.75 Å². The van der Waals surface area contributed by atoms with Gasteiger partial charge < -0.3 is 14.7 Å². The molecular weight excluding hydrogens is 354 g/mol. The summed E-state index contributed by atoms with van der Waals surface area (Å²) < 4.78 is 6.79. The minimum Gasteiger partial charge on any atom is -0.497 e. The number of carbonyl (C=O) groups is 1. The molecule has 8 nitrogen and oxygen atoms in total. The van der Waals surface area contributed by atoms with Crippen LogP contribution in [0.2, 0.25) is 0 Å². The Balaban J connectivity index is 1.53. The highest BCUT2D eigenvalue weighted by atomic mass is 32.1. The predicted octanol–water partition coefficient (Wildman–Crippen LogP) is 1.63. The van der Waals surface area contributed by atoms with E-state index in [2.05, 4.69) is 15.3 Å². The van der Waals surface area contributed by atoms with Gasteiger partial charge in [-0.25, -0.2) is 0 Å². The van der Waals surface area contributed by atoms with Crippen LogP contribution in [0.15, 0.2) is 24.3 Å². The van der Waals surface area contributed by atoms with E-state index < -0.39 is 6.10 Å². The molecule has 0 fully saturated rings. The van der Waals surface area contributed by atoms with E-state index in [0.29, 0.717) is 12.8 Å². The Morgan fingerprint density at radius 2 is 2.08 bits per heavy atom. The van der Waals surface area contributed by atoms with Gasteiger partial charge in [0.2, 0.25) is 10.9 Å². The van der Waals surface area contributed by atoms with Gasteiger partial charge in [-0.15, -0.1) is 10.2 Å². The fourth-order valence-corrected chi connectivity index (χ4v) is 3.43. The van der Waals surface area contributed by atoms with Crippen LogP contribution in [0.4, 0.5) is 0 Å². The zero-order valence-electron chi connectivity index (χ0n) is 14.9. The van der Waals surface area contributed by atoms with E-state index in [-0.39, 0.29) is 12.5 Å². The quantitative estimate of drug-likeness (QED) is 0.675. The summed E-state index contributed by atoms with van der Waals surface area (Å²) in [4.78, 5) is 14.6. The Morgan fingerprint density at radius 3 is 2.73 bits per heavy atom. The first-order valence-electron chi connectivity index (χ1n) is 8.21. The molecule has 1 aromatic carbocycles. The number of aliphatic hydroxyl groups excluding tert-OH is 1. The number of methoxy groups -OCH3 is 1. The second-order valence-corrected chi connectivity index (χ2v) is 7.04. The van der Waals surface area contributed by atoms with E-state index in [1.54, 1.807) is 47.8 Å². The van der Waals surface area contributed by atoms with Gasteiger partial charge in [0.15, 0.2) is 5.82 Å². The summed E-state index contributed by atoms with van der Waals surface area (Å²) in [5, 5.41) is 23.5. The molecule has 0 radical (unpaired) electrons. The highest BCUT2D eigenvalue weighted by Crippen LogP contribution is 2.19. The second-order valence-electron chi connectivity index (χ2n) is 6.00. The standard InChI is InChI=1S/C17H21N5O3S/c1-11-18-19-17-22(11)20-15(26-17)8-9-16(24)21(2)10-14(23)12-4-6-13(25-3)7-5-12/h4-7,14,23H,8-10H2,1-3H3. The van der Waals surface area contributed by atoms with E-state index in [0.717, 1.165) is 27.1 Å². The molecule has 2 heterocycles. The van der Waals surface area contributed by atoms with E-state index in [1.165, 1.54) is 11.3 Å². The zero-order chi connectivity index (χ0) is 18.7. The van der Waals surface area contributed by atoms with Crippen molar-refractivity contribution in [2.75, 3.05) is 20.7 Å². The third-order valence-electron chi connectivity index (χ3n) is 4.11. The maximum atomic E-state index is 12.3. The largest absolute Gasteiger partial charge is 0.497 e. The van der Waals surface area contributed by atoms with E-state index in [1.807, 2.05) is 6.92 Å². The number of amides is 1. The number of likely N-dealkylation sites (N-methyl/N-ethyl adjacent to an activating group) is 1. The number of carbonyl (C=O) groups excluding carboxylic acids is 1. The van der Waals surface area contributed by atoms with Gasteiger partial charge in [-0.3, -0.25) is 4.79 Å². The number of rotatable bonds is 7. The van der Waals surface area contributed by atoms with Crippen molar-refractivity contribution in [3.8, 4) is 5.75 Å². The first kappa shape index (κ1) is 18.3. The average Bonchev–Trinajstić information content (AvgIpc) is 3.21. The van der Waals surface area contributed by atoms with Crippen molar-refractivity contribution in [1.82, 2.24) is 24.7 Å². The first-order valence-corrected chi connectivity index (χ1v) is 9.03. The highest BCUT2D eigenvalue weighted by Gasteiger charge is 2.17. The van der Waals surface area contributed by atoms with Crippen molar-refractivity contribution >= 4 is 22.2 Å². The number of aryl methyl sites for hydroxylation is 2. The Kier molecular flexibility index (Phi) is 5.48. The minimum atomic E-state index is -0.744. The van der Waals surface area contributed by atoms with Gasteiger partial charge in [0.25, 0.3) is 0 Å². The molecule has 0 saturated carbocycles. The first-order chi connectivity index (χ1) is 12.5. The summed E-state index contributed by atoms with van der Waals surface area (Å²) in [7, 11) is 3.29. The van der Waals surface area contributed by atoms with Gasteiger partial charge in [-0.05, 0) is 24.6 Å². The van der Waals surface area contributed by atoms with Crippen molar-refractivity contribution < 1.29 is 14.6 Å². The van der Waals surface area contributed by atoms with Gasteiger partial charge in [-0.2, -0.15) is 9.61 Å². The number of benzene rings is 1. The number of hydrogen-bond donors (Lipinski definition) is 1. The maximum absolute atomic E-state index is 12.3. The molecule has 138 valence electrons. The molecule has 9 heteroatoms. The molecule has 0 saturated heterocycles. The molecule has 3 aromatic rings. The maximum Gasteiger partial charge on any atom is 0.234 e. The smallest absolute Gasteiger partial charge is 0.234 e. The lowest BCUT2D eigenvalue weighted by Gasteiger charge is -2.21. The summed E-state index contributed by atoms with van der Waals surface area (Å²) in [6.07, 6.45) is 0.122. The van der Waals surface area contributed by atoms with Gasteiger partial charge >= 0.3 is 0 Å². The summed E-state index contributed by atoms with van der Waals surface area (Å²) in [6.45, 7) is 2.07. The molecule has 2 aromatic heterocycles. The predicted molar refractivity (Wildman–Crippen MR) is 97.3 cm³/mol. The third kappa shape index (κ3) is 4.00. The van der Waals surface area contributed by atoms with Crippen LogP contribution in [-0.2, 0) is 11.2 Å². The van der Waals surface area contributed by atoms with Crippen molar-refractivity contribution in [3.63, 3.8) is 0 Å². The molecule has 0 aliphatic rings. The number of fused-ring (bicyclic) bond motifs is 1. The highest BCUT2D eigenvalue weighted by molar-refractivity contribution is 7.16. The van der Waals surface area contributed by atoms with Crippen molar-refractivity contribution in [3.05, 3.63) is 40.7 Å². The molecular formula is C17H21N5O3S. The Bertz CT molecular complexity index is 890. The molecule has 26 heavy (non-hydrogen) atoms. The van der Waals surface area contributed by atoms with Crippen molar-refractivity contribution in [2.45, 2.75) is 25.9 Å². The van der Waals surface area contributed by atoms with Crippen LogP contribution in [-0.4, -0.2) is 56.4 Å². The van der Waals surface area contributed by atoms with E-state index >= 15 is 0 Å². The molecule has 1 N–H and O–H groups in total. The number of aromatic nitrogens is 4. The second kappa shape index (κ2) is 7.79. The summed E-state index contributed by atoms with van der Waals surface area (Å²) in [5.74, 6) is 1.42. The molecule has 0 spiro atoms. The van der Waals surface area contributed by atoms with E-state index in [9.17, 15) is 9.90 Å². The fraction of sp³-hybridized carbons (Fsp3) is 0.412. The molecule has 1 amide bonds. The van der Waals surface area contributed by atoms with Gasteiger partial charge in [0.1, 0.15) is 10.8 Å². The van der Waals surface area contributed by atoms with Gasteiger partial charge in [0.05, 0.1) is 19.8 Å². The molecule has 1 atom stereocenters. The Hall–Kier alpha value is -2.52. The number of hydrogen-bond acceptors (Lipinski definition) is 7. The van der Waals surface area contributed by atoms with Crippen LogP contribution >= 0.6 is 11.3 Å². The molecule has 3 rings (SSSR count). The lowest BCUT2D eigenvalue weighted by molar-refractivity contribution is -0.131. The fourth-order valence-electron chi connectivity index (χ4n) is 2.55. The molecule has 1 unspecified atom stereocenters. The summed E-state index contributed by atoms with van der Waals surface area (Å²) in [6, 6.07) is 7.17. The topological polar surface area (TPSA) is 92.9 Å². The van der Waals surface area contributed by atoms with Gasteiger partial charge in [-0.1, -0.05) is 23.5 Å². The zero-order valence-corrected chi connectivity index (χ0v) is 15.7. The molecule has 0 aliphatic heterocycles. The van der Waals surface area contributed by atoms with E-state index in [4.69, 9.17) is 4.74 Å². The van der Waals surface area contributed by atoms with Crippen molar-refractivity contribution in [1.29, 1.82) is 0 Å². The summed E-state index contributed by atoms with van der Waals surface area (Å²) in [5.41, 5.74) is 0.745. The minimum absolute atomic E-state index is 0.0414.